The minimum absolute atomic E-state index is 0. The molecule has 3 unspecified atom stereocenters. The third kappa shape index (κ3) is 5.51. The van der Waals surface area contributed by atoms with Gasteiger partial charge in [-0.25, -0.2) is 4.99 Å². The second kappa shape index (κ2) is 10.1. The number of furan rings is 1. The van der Waals surface area contributed by atoms with Crippen LogP contribution in [0.5, 0.6) is 0 Å². The van der Waals surface area contributed by atoms with Crippen LogP contribution in [0.3, 0.4) is 0 Å². The van der Waals surface area contributed by atoms with Crippen molar-refractivity contribution in [1.82, 2.24) is 10.6 Å². The normalized spacial score (nSPS) is 22.8. The van der Waals surface area contributed by atoms with Crippen LogP contribution >= 0.6 is 24.0 Å². The number of halogens is 1. The maximum atomic E-state index is 12.0. The molecule has 2 bridgehead atoms. The molecule has 3 atom stereocenters. The molecular weight excluding hydrogens is 483 g/mol. The van der Waals surface area contributed by atoms with Gasteiger partial charge < -0.3 is 25.1 Å². The fraction of sp³-hybridized carbons (Fsp3) is 0.429. The lowest BCUT2D eigenvalue weighted by atomic mass is 9.96. The Hall–Kier alpha value is -2.07. The quantitative estimate of drug-likeness (QED) is 0.315. The largest absolute Gasteiger partial charge is 0.459 e. The van der Waals surface area contributed by atoms with Gasteiger partial charge in [0.25, 0.3) is 5.91 Å². The molecule has 2 aliphatic heterocycles. The molecule has 2 saturated heterocycles. The van der Waals surface area contributed by atoms with Gasteiger partial charge in [0.15, 0.2) is 11.7 Å². The predicted molar refractivity (Wildman–Crippen MR) is 123 cm³/mol. The number of nitrogens with one attached hydrogen (secondary N) is 3. The summed E-state index contributed by atoms with van der Waals surface area (Å²) in [6, 6.07) is 11.3. The zero-order chi connectivity index (χ0) is 19.3. The number of guanidine groups is 1. The highest BCUT2D eigenvalue weighted by atomic mass is 127. The summed E-state index contributed by atoms with van der Waals surface area (Å²) in [7, 11) is 0. The summed E-state index contributed by atoms with van der Waals surface area (Å²) in [6.45, 7) is 3.43. The van der Waals surface area contributed by atoms with E-state index >= 15 is 0 Å². The van der Waals surface area contributed by atoms with Crippen LogP contribution in [0.4, 0.5) is 5.69 Å². The molecule has 0 aliphatic carbocycles. The SMILES string of the molecule is CCNC(=NCc1ccc(NC(=O)c2ccco2)cc1)NC1CC2CCC1O2.I. The molecule has 3 N–H and O–H groups in total. The minimum atomic E-state index is -0.262. The van der Waals surface area contributed by atoms with E-state index in [4.69, 9.17) is 14.1 Å². The Morgan fingerprint density at radius 3 is 2.66 bits per heavy atom. The van der Waals surface area contributed by atoms with Crippen LogP contribution in [-0.2, 0) is 11.3 Å². The van der Waals surface area contributed by atoms with Crippen molar-refractivity contribution in [2.45, 2.75) is 51.0 Å². The number of aliphatic imine (C=N–C) groups is 1. The van der Waals surface area contributed by atoms with Gasteiger partial charge in [-0.3, -0.25) is 4.79 Å². The highest BCUT2D eigenvalue weighted by molar-refractivity contribution is 14.0. The minimum Gasteiger partial charge on any atom is -0.459 e. The maximum absolute atomic E-state index is 12.0. The van der Waals surface area contributed by atoms with Gasteiger partial charge in [0.05, 0.1) is 31.1 Å². The Kier molecular flexibility index (Phi) is 7.54. The fourth-order valence-electron chi connectivity index (χ4n) is 3.75. The van der Waals surface area contributed by atoms with Gasteiger partial charge in [0.1, 0.15) is 0 Å². The van der Waals surface area contributed by atoms with Crippen LogP contribution in [0.2, 0.25) is 0 Å². The van der Waals surface area contributed by atoms with Crippen LogP contribution in [0.15, 0.2) is 52.1 Å². The number of rotatable bonds is 6. The maximum Gasteiger partial charge on any atom is 0.291 e. The topological polar surface area (TPSA) is 87.9 Å². The average molecular weight is 510 g/mol. The number of fused-ring (bicyclic) bond motifs is 2. The van der Waals surface area contributed by atoms with Crippen molar-refractivity contribution in [3.8, 4) is 0 Å². The summed E-state index contributed by atoms with van der Waals surface area (Å²) in [5.41, 5.74) is 1.79. The lowest BCUT2D eigenvalue weighted by Crippen LogP contribution is -2.47. The van der Waals surface area contributed by atoms with E-state index < -0.39 is 0 Å². The highest BCUT2D eigenvalue weighted by Crippen LogP contribution is 2.34. The van der Waals surface area contributed by atoms with Gasteiger partial charge in [-0.1, -0.05) is 12.1 Å². The number of ether oxygens (including phenoxy) is 1. The van der Waals surface area contributed by atoms with Crippen molar-refractivity contribution in [2.24, 2.45) is 4.99 Å². The van der Waals surface area contributed by atoms with E-state index in [2.05, 4.69) is 22.9 Å². The number of anilines is 1. The molecule has 0 radical (unpaired) electrons. The van der Waals surface area contributed by atoms with Crippen molar-refractivity contribution < 1.29 is 13.9 Å². The molecule has 0 spiro atoms. The van der Waals surface area contributed by atoms with Gasteiger partial charge in [-0.05, 0) is 56.0 Å². The van der Waals surface area contributed by atoms with E-state index in [1.165, 1.54) is 12.7 Å². The molecule has 2 fully saturated rings. The van der Waals surface area contributed by atoms with Gasteiger partial charge >= 0.3 is 0 Å². The number of benzene rings is 1. The molecule has 3 heterocycles. The fourth-order valence-corrected chi connectivity index (χ4v) is 3.75. The van der Waals surface area contributed by atoms with Crippen LogP contribution < -0.4 is 16.0 Å². The summed E-state index contributed by atoms with van der Waals surface area (Å²) < 4.78 is 11.0. The summed E-state index contributed by atoms with van der Waals surface area (Å²) >= 11 is 0. The molecule has 0 saturated carbocycles. The van der Waals surface area contributed by atoms with E-state index in [1.807, 2.05) is 24.3 Å². The van der Waals surface area contributed by atoms with Crippen LogP contribution in [-0.4, -0.2) is 36.7 Å². The highest BCUT2D eigenvalue weighted by Gasteiger charge is 2.41. The van der Waals surface area contributed by atoms with Gasteiger partial charge in [0, 0.05) is 12.2 Å². The average Bonchev–Trinajstić information content (AvgIpc) is 3.45. The Labute approximate surface area is 187 Å². The van der Waals surface area contributed by atoms with Gasteiger partial charge in [0.2, 0.25) is 0 Å². The van der Waals surface area contributed by atoms with Crippen molar-refractivity contribution >= 4 is 41.5 Å². The predicted octanol–water partition coefficient (Wildman–Crippen LogP) is 3.52. The monoisotopic (exact) mass is 510 g/mol. The molecule has 1 aromatic carbocycles. The molecule has 2 aliphatic rings. The summed E-state index contributed by atoms with van der Waals surface area (Å²) in [4.78, 5) is 16.7. The molecule has 29 heavy (non-hydrogen) atoms. The Morgan fingerprint density at radius 1 is 1.21 bits per heavy atom. The summed E-state index contributed by atoms with van der Waals surface area (Å²) in [6.07, 6.45) is 5.57. The number of hydrogen-bond donors (Lipinski definition) is 3. The van der Waals surface area contributed by atoms with Crippen LogP contribution in [0, 0.1) is 0 Å². The van der Waals surface area contributed by atoms with Crippen molar-refractivity contribution in [3.63, 3.8) is 0 Å². The first-order valence-corrected chi connectivity index (χ1v) is 9.85. The molecule has 1 aromatic heterocycles. The van der Waals surface area contributed by atoms with E-state index in [0.29, 0.717) is 30.6 Å². The third-order valence-electron chi connectivity index (χ3n) is 5.15. The zero-order valence-electron chi connectivity index (χ0n) is 16.4. The van der Waals surface area contributed by atoms with Crippen LogP contribution in [0.25, 0.3) is 0 Å². The molecule has 8 heteroatoms. The van der Waals surface area contributed by atoms with E-state index in [1.54, 1.807) is 12.1 Å². The zero-order valence-corrected chi connectivity index (χ0v) is 18.7. The van der Waals surface area contributed by atoms with Gasteiger partial charge in [-0.2, -0.15) is 0 Å². The molecule has 1 amide bonds. The lowest BCUT2D eigenvalue weighted by molar-refractivity contribution is 0.0990. The lowest BCUT2D eigenvalue weighted by Gasteiger charge is -2.22. The number of nitrogens with zero attached hydrogens (tertiary/aromatic N) is 1. The van der Waals surface area contributed by atoms with Crippen molar-refractivity contribution in [3.05, 3.63) is 54.0 Å². The number of carbonyl (C=O) groups is 1. The van der Waals surface area contributed by atoms with Gasteiger partial charge in [-0.15, -0.1) is 24.0 Å². The summed E-state index contributed by atoms with van der Waals surface area (Å²) in [5.74, 6) is 0.848. The molecule has 156 valence electrons. The van der Waals surface area contributed by atoms with Crippen LogP contribution in [0.1, 0.15) is 42.3 Å². The van der Waals surface area contributed by atoms with Crippen molar-refractivity contribution in [2.75, 3.05) is 11.9 Å². The Balaban J connectivity index is 0.00000240. The van der Waals surface area contributed by atoms with Crippen molar-refractivity contribution in [1.29, 1.82) is 0 Å². The Morgan fingerprint density at radius 2 is 2.03 bits per heavy atom. The number of hydrogen-bond acceptors (Lipinski definition) is 4. The summed E-state index contributed by atoms with van der Waals surface area (Å²) in [5, 5.41) is 9.64. The number of carbonyl (C=O) groups excluding carboxylic acids is 1. The van der Waals surface area contributed by atoms with E-state index in [-0.39, 0.29) is 29.9 Å². The first-order valence-electron chi connectivity index (χ1n) is 9.85. The smallest absolute Gasteiger partial charge is 0.291 e. The molecule has 4 rings (SSSR count). The standard InChI is InChI=1S/C21H26N4O3.HI/c1-2-22-21(25-17-12-16-9-10-18(17)28-16)23-13-14-5-7-15(8-6-14)24-20(26)19-4-3-11-27-19;/h3-8,11,16-18H,2,9-10,12-13H2,1H3,(H,24,26)(H2,22,23,25);1H. The van der Waals surface area contributed by atoms with E-state index in [0.717, 1.165) is 36.6 Å². The Bertz CT molecular complexity index is 823. The first kappa shape index (κ1) is 21.6. The second-order valence-electron chi connectivity index (χ2n) is 7.18. The molecular formula is C21H27IN4O3. The van der Waals surface area contributed by atoms with E-state index in [9.17, 15) is 4.79 Å². The molecule has 2 aromatic rings. The second-order valence-corrected chi connectivity index (χ2v) is 7.18. The third-order valence-corrected chi connectivity index (χ3v) is 5.15. The first-order chi connectivity index (χ1) is 13.7. The number of amides is 1. The molecule has 7 nitrogen and oxygen atoms in total.